The summed E-state index contributed by atoms with van der Waals surface area (Å²) in [5.74, 6) is 0. The number of rotatable bonds is 5. The summed E-state index contributed by atoms with van der Waals surface area (Å²) < 4.78 is 5.22. The van der Waals surface area contributed by atoms with Gasteiger partial charge < -0.3 is 15.8 Å². The van der Waals surface area contributed by atoms with E-state index in [2.05, 4.69) is 5.32 Å². The van der Waals surface area contributed by atoms with E-state index in [1.54, 1.807) is 0 Å². The Morgan fingerprint density at radius 2 is 2.21 bits per heavy atom. The second-order valence-corrected chi connectivity index (χ2v) is 3.16. The summed E-state index contributed by atoms with van der Waals surface area (Å²) in [5, 5.41) is 3.24. The van der Waals surface area contributed by atoms with Gasteiger partial charge in [0.15, 0.2) is 0 Å². The minimum Gasteiger partial charge on any atom is -0.397 e. The molecule has 1 aromatic rings. The van der Waals surface area contributed by atoms with Gasteiger partial charge in [-0.05, 0) is 25.5 Å². The molecule has 0 aliphatic carbocycles. The number of para-hydroxylation sites is 1. The number of nitrogens with one attached hydrogen (secondary N) is 1. The number of ether oxygens (including phenoxy) is 1. The lowest BCUT2D eigenvalue weighted by atomic mass is 10.2. The van der Waals surface area contributed by atoms with Gasteiger partial charge in [-0.25, -0.2) is 0 Å². The molecule has 0 bridgehead atoms. The summed E-state index contributed by atoms with van der Waals surface area (Å²) in [6, 6.07) is 5.98. The van der Waals surface area contributed by atoms with Gasteiger partial charge in [0, 0.05) is 13.2 Å². The van der Waals surface area contributed by atoms with Crippen LogP contribution in [0.15, 0.2) is 18.2 Å². The molecule has 0 saturated carbocycles. The first-order valence-corrected chi connectivity index (χ1v) is 4.92. The number of nitrogen functional groups attached to an aromatic ring is 1. The van der Waals surface area contributed by atoms with E-state index in [-0.39, 0.29) is 0 Å². The highest BCUT2D eigenvalue weighted by Gasteiger charge is 1.99. The number of aryl methyl sites for hydroxylation is 1. The van der Waals surface area contributed by atoms with E-state index in [4.69, 9.17) is 10.5 Å². The molecule has 0 heterocycles. The van der Waals surface area contributed by atoms with Crippen molar-refractivity contribution >= 4 is 11.4 Å². The van der Waals surface area contributed by atoms with Crippen molar-refractivity contribution in [1.82, 2.24) is 0 Å². The average molecular weight is 194 g/mol. The van der Waals surface area contributed by atoms with Crippen LogP contribution in [0.5, 0.6) is 0 Å². The molecule has 0 atom stereocenters. The van der Waals surface area contributed by atoms with Gasteiger partial charge >= 0.3 is 0 Å². The SMILES string of the molecule is CCOCCNc1cccc(C)c1N. The van der Waals surface area contributed by atoms with E-state index in [0.717, 1.165) is 30.1 Å². The molecule has 1 rings (SSSR count). The molecular weight excluding hydrogens is 176 g/mol. The van der Waals surface area contributed by atoms with Crippen LogP contribution in [0, 0.1) is 6.92 Å². The third-order valence-corrected chi connectivity index (χ3v) is 2.09. The van der Waals surface area contributed by atoms with Crippen molar-refractivity contribution in [2.24, 2.45) is 0 Å². The molecule has 0 radical (unpaired) electrons. The maximum atomic E-state index is 5.89. The second kappa shape index (κ2) is 5.50. The molecule has 1 aromatic carbocycles. The van der Waals surface area contributed by atoms with E-state index in [9.17, 15) is 0 Å². The lowest BCUT2D eigenvalue weighted by Gasteiger charge is -2.10. The van der Waals surface area contributed by atoms with Gasteiger partial charge in [-0.1, -0.05) is 12.1 Å². The van der Waals surface area contributed by atoms with Gasteiger partial charge in [0.25, 0.3) is 0 Å². The zero-order chi connectivity index (χ0) is 10.4. The van der Waals surface area contributed by atoms with E-state index in [1.807, 2.05) is 32.0 Å². The molecule has 0 fully saturated rings. The van der Waals surface area contributed by atoms with Crippen LogP contribution in [0.3, 0.4) is 0 Å². The Labute approximate surface area is 85.3 Å². The monoisotopic (exact) mass is 194 g/mol. The highest BCUT2D eigenvalue weighted by atomic mass is 16.5. The van der Waals surface area contributed by atoms with E-state index < -0.39 is 0 Å². The maximum absolute atomic E-state index is 5.89. The first-order valence-electron chi connectivity index (χ1n) is 4.92. The molecule has 0 aliphatic rings. The Kier molecular flexibility index (Phi) is 4.26. The number of nitrogens with two attached hydrogens (primary N) is 1. The van der Waals surface area contributed by atoms with Crippen molar-refractivity contribution in [3.8, 4) is 0 Å². The van der Waals surface area contributed by atoms with Gasteiger partial charge in [0.2, 0.25) is 0 Å². The summed E-state index contributed by atoms with van der Waals surface area (Å²) >= 11 is 0. The fraction of sp³-hybridized carbons (Fsp3) is 0.455. The Morgan fingerprint density at radius 3 is 2.93 bits per heavy atom. The highest BCUT2D eigenvalue weighted by molar-refractivity contribution is 5.69. The Bertz CT molecular complexity index is 287. The summed E-state index contributed by atoms with van der Waals surface area (Å²) in [6.45, 7) is 6.25. The summed E-state index contributed by atoms with van der Waals surface area (Å²) in [5.41, 5.74) is 8.81. The van der Waals surface area contributed by atoms with Crippen LogP contribution in [0.2, 0.25) is 0 Å². The third-order valence-electron chi connectivity index (χ3n) is 2.09. The van der Waals surface area contributed by atoms with Crippen LogP contribution in [-0.4, -0.2) is 19.8 Å². The molecule has 0 amide bonds. The lowest BCUT2D eigenvalue weighted by Crippen LogP contribution is -2.10. The first kappa shape index (κ1) is 10.9. The smallest absolute Gasteiger partial charge is 0.0638 e. The predicted octanol–water partition coefficient (Wildman–Crippen LogP) is 2.03. The average Bonchev–Trinajstić information content (AvgIpc) is 2.19. The molecule has 0 aliphatic heterocycles. The van der Waals surface area contributed by atoms with Crippen LogP contribution in [-0.2, 0) is 4.74 Å². The standard InChI is InChI=1S/C11H18N2O/c1-3-14-8-7-13-10-6-4-5-9(2)11(10)12/h4-6,13H,3,7-8,12H2,1-2H3. The van der Waals surface area contributed by atoms with Crippen LogP contribution in [0.25, 0.3) is 0 Å². The number of benzene rings is 1. The van der Waals surface area contributed by atoms with E-state index in [0.29, 0.717) is 6.61 Å². The van der Waals surface area contributed by atoms with E-state index in [1.165, 1.54) is 0 Å². The minimum absolute atomic E-state index is 0.712. The van der Waals surface area contributed by atoms with Crippen LogP contribution >= 0.6 is 0 Å². The molecule has 0 aromatic heterocycles. The zero-order valence-corrected chi connectivity index (χ0v) is 8.84. The molecule has 3 N–H and O–H groups in total. The maximum Gasteiger partial charge on any atom is 0.0638 e. The Hall–Kier alpha value is -1.22. The van der Waals surface area contributed by atoms with Crippen LogP contribution in [0.1, 0.15) is 12.5 Å². The topological polar surface area (TPSA) is 47.3 Å². The second-order valence-electron chi connectivity index (χ2n) is 3.16. The summed E-state index contributed by atoms with van der Waals surface area (Å²) in [6.07, 6.45) is 0. The van der Waals surface area contributed by atoms with Gasteiger partial charge in [0.1, 0.15) is 0 Å². The molecule has 0 unspecified atom stereocenters. The predicted molar refractivity (Wildman–Crippen MR) is 60.6 cm³/mol. The van der Waals surface area contributed by atoms with Crippen molar-refractivity contribution in [3.05, 3.63) is 23.8 Å². The first-order chi connectivity index (χ1) is 6.75. The molecule has 0 saturated heterocycles. The van der Waals surface area contributed by atoms with Gasteiger partial charge in [-0.15, -0.1) is 0 Å². The van der Waals surface area contributed by atoms with Gasteiger partial charge in [0.05, 0.1) is 18.0 Å². The van der Waals surface area contributed by atoms with Crippen molar-refractivity contribution in [3.63, 3.8) is 0 Å². The lowest BCUT2D eigenvalue weighted by molar-refractivity contribution is 0.158. The number of anilines is 2. The van der Waals surface area contributed by atoms with Gasteiger partial charge in [-0.2, -0.15) is 0 Å². The van der Waals surface area contributed by atoms with Crippen molar-refractivity contribution in [2.45, 2.75) is 13.8 Å². The Morgan fingerprint density at radius 1 is 1.43 bits per heavy atom. The Balaban J connectivity index is 2.46. The summed E-state index contributed by atoms with van der Waals surface area (Å²) in [4.78, 5) is 0. The van der Waals surface area contributed by atoms with Crippen molar-refractivity contribution < 1.29 is 4.74 Å². The minimum atomic E-state index is 0.712. The zero-order valence-electron chi connectivity index (χ0n) is 8.84. The fourth-order valence-corrected chi connectivity index (χ4v) is 1.24. The normalized spacial score (nSPS) is 10.1. The van der Waals surface area contributed by atoms with E-state index >= 15 is 0 Å². The third kappa shape index (κ3) is 2.92. The van der Waals surface area contributed by atoms with Crippen LogP contribution < -0.4 is 11.1 Å². The number of hydrogen-bond acceptors (Lipinski definition) is 3. The molecule has 78 valence electrons. The van der Waals surface area contributed by atoms with Gasteiger partial charge in [-0.3, -0.25) is 0 Å². The van der Waals surface area contributed by atoms with Crippen molar-refractivity contribution in [1.29, 1.82) is 0 Å². The molecule has 0 spiro atoms. The molecule has 3 nitrogen and oxygen atoms in total. The largest absolute Gasteiger partial charge is 0.397 e. The molecule has 3 heteroatoms. The number of hydrogen-bond donors (Lipinski definition) is 2. The molecular formula is C11H18N2O. The molecule has 14 heavy (non-hydrogen) atoms. The highest BCUT2D eigenvalue weighted by Crippen LogP contribution is 2.21. The fourth-order valence-electron chi connectivity index (χ4n) is 1.24. The summed E-state index contributed by atoms with van der Waals surface area (Å²) in [7, 11) is 0. The van der Waals surface area contributed by atoms with Crippen molar-refractivity contribution in [2.75, 3.05) is 30.8 Å². The quantitative estimate of drug-likeness (QED) is 0.557. The van der Waals surface area contributed by atoms with Crippen LogP contribution in [0.4, 0.5) is 11.4 Å².